The Kier molecular flexibility index (Phi) is 3.68. The monoisotopic (exact) mass is 328 g/mol. The van der Waals surface area contributed by atoms with Crippen LogP contribution in [-0.4, -0.2) is 73.7 Å². The zero-order valence-corrected chi connectivity index (χ0v) is 13.5. The minimum absolute atomic E-state index is 0.0122. The summed E-state index contributed by atoms with van der Waals surface area (Å²) in [5, 5.41) is 21.2. The number of hydrogen-bond acceptors (Lipinski definition) is 6. The number of nitrogens with zero attached hydrogens (tertiary/aromatic N) is 6. The first-order chi connectivity index (χ1) is 11.6. The molecule has 5 rings (SSSR count). The second-order valence-corrected chi connectivity index (χ2v) is 6.70. The third kappa shape index (κ3) is 2.62. The number of benzene rings is 1. The summed E-state index contributed by atoms with van der Waals surface area (Å²) in [5.74, 6) is 0.360. The van der Waals surface area contributed by atoms with Crippen molar-refractivity contribution >= 4 is 5.91 Å². The van der Waals surface area contributed by atoms with Crippen LogP contribution in [0.4, 0.5) is 0 Å². The van der Waals surface area contributed by atoms with E-state index in [2.05, 4.69) is 27.5 Å². The maximum atomic E-state index is 13.0. The Morgan fingerprint density at radius 2 is 2.12 bits per heavy atom. The molecular weight excluding hydrogens is 308 g/mol. The predicted molar refractivity (Wildman–Crippen MR) is 85.9 cm³/mol. The molecule has 0 radical (unpaired) electrons. The van der Waals surface area contributed by atoms with Crippen LogP contribution >= 0.6 is 0 Å². The molecule has 126 valence electrons. The van der Waals surface area contributed by atoms with Crippen molar-refractivity contribution in [1.82, 2.24) is 30.0 Å². The Balaban J connectivity index is 1.63. The molecule has 2 aromatic rings. The molecule has 1 N–H and O–H groups in total. The van der Waals surface area contributed by atoms with Gasteiger partial charge in [-0.15, -0.1) is 5.10 Å². The summed E-state index contributed by atoms with van der Waals surface area (Å²) in [4.78, 5) is 17.2. The highest BCUT2D eigenvalue weighted by atomic mass is 16.3. The molecule has 3 aliphatic heterocycles. The first-order valence-corrected chi connectivity index (χ1v) is 8.17. The third-order valence-electron chi connectivity index (χ3n) is 5.10. The van der Waals surface area contributed by atoms with E-state index in [1.54, 1.807) is 12.1 Å². The lowest BCUT2D eigenvalue weighted by molar-refractivity contribution is 0.0739. The van der Waals surface area contributed by atoms with Crippen LogP contribution in [0.15, 0.2) is 24.5 Å². The summed E-state index contributed by atoms with van der Waals surface area (Å²) < 4.78 is 1.47. The second kappa shape index (κ2) is 5.86. The zero-order valence-electron chi connectivity index (χ0n) is 13.5. The molecule has 3 saturated heterocycles. The summed E-state index contributed by atoms with van der Waals surface area (Å²) >= 11 is 0. The number of aromatic hydroxyl groups is 1. The van der Waals surface area contributed by atoms with Crippen molar-refractivity contribution in [3.8, 4) is 11.4 Å². The number of carbonyl (C=O) groups excluding carboxylic acids is 1. The Hall–Kier alpha value is -2.48. The predicted octanol–water partition coefficient (Wildman–Crippen LogP) is 0.534. The number of aromatic nitrogens is 4. The number of amides is 1. The number of carbonyl (C=O) groups is 1. The smallest absolute Gasteiger partial charge is 0.257 e. The van der Waals surface area contributed by atoms with E-state index in [1.807, 2.05) is 4.90 Å². The molecule has 1 aromatic carbocycles. The van der Waals surface area contributed by atoms with Crippen LogP contribution < -0.4 is 0 Å². The van der Waals surface area contributed by atoms with Crippen LogP contribution in [0, 0.1) is 5.92 Å². The molecule has 0 unspecified atom stereocenters. The molecule has 1 amide bonds. The van der Waals surface area contributed by atoms with E-state index in [9.17, 15) is 9.90 Å². The normalized spacial score (nSPS) is 24.1. The van der Waals surface area contributed by atoms with E-state index in [-0.39, 0.29) is 11.7 Å². The van der Waals surface area contributed by atoms with Crippen molar-refractivity contribution in [1.29, 1.82) is 0 Å². The average Bonchev–Trinajstić information content (AvgIpc) is 2.97. The first kappa shape index (κ1) is 15.1. The average molecular weight is 328 g/mol. The molecule has 4 heterocycles. The van der Waals surface area contributed by atoms with Gasteiger partial charge in [0.25, 0.3) is 5.91 Å². The molecule has 24 heavy (non-hydrogen) atoms. The third-order valence-corrected chi connectivity index (χ3v) is 5.10. The number of fused-ring (bicyclic) bond motifs is 4. The SMILES string of the molecule is CN1C[C@@H]2CC[C@H]1CN(C(=O)c1cc(-n3cnnn3)ccc1O)C2. The zero-order chi connectivity index (χ0) is 16.7. The Morgan fingerprint density at radius 1 is 1.25 bits per heavy atom. The van der Waals surface area contributed by atoms with E-state index in [0.717, 1.165) is 25.9 Å². The molecule has 0 spiro atoms. The van der Waals surface area contributed by atoms with Crippen LogP contribution in [0.2, 0.25) is 0 Å². The van der Waals surface area contributed by atoms with Gasteiger partial charge in [-0.25, -0.2) is 4.68 Å². The molecule has 1 aromatic heterocycles. The molecule has 2 bridgehead atoms. The van der Waals surface area contributed by atoms with Crippen LogP contribution in [0.3, 0.4) is 0 Å². The van der Waals surface area contributed by atoms with Gasteiger partial charge in [-0.2, -0.15) is 0 Å². The molecular formula is C16H20N6O2. The van der Waals surface area contributed by atoms with Gasteiger partial charge in [0.15, 0.2) is 0 Å². The van der Waals surface area contributed by atoms with Gasteiger partial charge < -0.3 is 14.9 Å². The number of likely N-dealkylation sites (N-methyl/N-ethyl adjacent to an activating group) is 1. The standard InChI is InChI=1S/C16H20N6O2/c1-20-7-11-2-3-13(20)9-21(8-11)16(24)14-6-12(4-5-15(14)23)22-10-17-18-19-22/h4-6,10-11,13,23H,2-3,7-9H2,1H3/t11-,13-/m0/s1. The van der Waals surface area contributed by atoms with Crippen molar-refractivity contribution in [2.24, 2.45) is 5.92 Å². The fourth-order valence-corrected chi connectivity index (χ4v) is 3.77. The number of phenols is 1. The van der Waals surface area contributed by atoms with Crippen molar-refractivity contribution in [3.63, 3.8) is 0 Å². The van der Waals surface area contributed by atoms with Crippen molar-refractivity contribution in [2.45, 2.75) is 18.9 Å². The summed E-state index contributed by atoms with van der Waals surface area (Å²) in [7, 11) is 2.13. The maximum Gasteiger partial charge on any atom is 0.257 e. The highest BCUT2D eigenvalue weighted by Gasteiger charge is 2.35. The van der Waals surface area contributed by atoms with Gasteiger partial charge in [0.2, 0.25) is 0 Å². The number of hydrogen-bond donors (Lipinski definition) is 1. The summed E-state index contributed by atoms with van der Waals surface area (Å²) in [6, 6.07) is 5.24. The molecule has 2 atom stereocenters. The number of tetrazole rings is 1. The van der Waals surface area contributed by atoms with Crippen molar-refractivity contribution in [3.05, 3.63) is 30.1 Å². The van der Waals surface area contributed by atoms with E-state index in [4.69, 9.17) is 0 Å². The van der Waals surface area contributed by atoms with E-state index in [1.165, 1.54) is 17.1 Å². The molecule has 0 saturated carbocycles. The van der Waals surface area contributed by atoms with E-state index in [0.29, 0.717) is 29.8 Å². The highest BCUT2D eigenvalue weighted by Crippen LogP contribution is 2.29. The Labute approximate surface area is 139 Å². The van der Waals surface area contributed by atoms with Crippen molar-refractivity contribution in [2.75, 3.05) is 26.7 Å². The van der Waals surface area contributed by atoms with Crippen LogP contribution in [0.25, 0.3) is 5.69 Å². The summed E-state index contributed by atoms with van der Waals surface area (Å²) in [6.45, 7) is 2.49. The topological polar surface area (TPSA) is 87.4 Å². The quantitative estimate of drug-likeness (QED) is 0.865. The largest absolute Gasteiger partial charge is 0.507 e. The van der Waals surface area contributed by atoms with E-state index < -0.39 is 0 Å². The van der Waals surface area contributed by atoms with Gasteiger partial charge in [-0.3, -0.25) is 4.79 Å². The van der Waals surface area contributed by atoms with Crippen LogP contribution in [-0.2, 0) is 0 Å². The van der Waals surface area contributed by atoms with Gasteiger partial charge in [0.1, 0.15) is 12.1 Å². The highest BCUT2D eigenvalue weighted by molar-refractivity contribution is 5.97. The van der Waals surface area contributed by atoms with Gasteiger partial charge in [-0.05, 0) is 54.4 Å². The first-order valence-electron chi connectivity index (χ1n) is 8.17. The summed E-state index contributed by atoms with van der Waals surface area (Å²) in [6.07, 6.45) is 3.75. The number of phenolic OH excluding ortho intramolecular Hbond substituents is 1. The van der Waals surface area contributed by atoms with Crippen LogP contribution in [0.1, 0.15) is 23.2 Å². The lowest BCUT2D eigenvalue weighted by Crippen LogP contribution is -2.41. The van der Waals surface area contributed by atoms with Gasteiger partial charge in [0, 0.05) is 25.7 Å². The minimum atomic E-state index is -0.130. The number of rotatable bonds is 2. The molecule has 8 heteroatoms. The van der Waals surface area contributed by atoms with Gasteiger partial charge >= 0.3 is 0 Å². The maximum absolute atomic E-state index is 13.0. The molecule has 3 aliphatic rings. The minimum Gasteiger partial charge on any atom is -0.507 e. The molecule has 8 nitrogen and oxygen atoms in total. The fraction of sp³-hybridized carbons (Fsp3) is 0.500. The fourth-order valence-electron chi connectivity index (χ4n) is 3.77. The van der Waals surface area contributed by atoms with Gasteiger partial charge in [-0.1, -0.05) is 0 Å². The molecule has 0 aliphatic carbocycles. The number of piperidine rings is 1. The van der Waals surface area contributed by atoms with Gasteiger partial charge in [0.05, 0.1) is 11.3 Å². The lowest BCUT2D eigenvalue weighted by atomic mass is 9.96. The van der Waals surface area contributed by atoms with Crippen molar-refractivity contribution < 1.29 is 9.90 Å². The summed E-state index contributed by atoms with van der Waals surface area (Å²) in [5.41, 5.74) is 0.947. The Bertz CT molecular complexity index is 747. The Morgan fingerprint density at radius 3 is 2.88 bits per heavy atom. The molecule has 3 fully saturated rings. The lowest BCUT2D eigenvalue weighted by Gasteiger charge is -2.32. The second-order valence-electron chi connectivity index (χ2n) is 6.70. The van der Waals surface area contributed by atoms with Crippen LogP contribution in [0.5, 0.6) is 5.75 Å². The van der Waals surface area contributed by atoms with E-state index >= 15 is 0 Å².